The Hall–Kier alpha value is -2.67. The van der Waals surface area contributed by atoms with E-state index in [2.05, 4.69) is 10.3 Å². The van der Waals surface area contributed by atoms with Crippen LogP contribution in [0.3, 0.4) is 0 Å². The summed E-state index contributed by atoms with van der Waals surface area (Å²) in [6.07, 6.45) is 0. The number of pyridine rings is 1. The first-order chi connectivity index (χ1) is 9.10. The molecule has 2 aromatic rings. The van der Waals surface area contributed by atoms with Crippen LogP contribution in [0, 0.1) is 25.2 Å². The second-order valence-electron chi connectivity index (χ2n) is 4.27. The molecule has 1 aromatic heterocycles. The third kappa shape index (κ3) is 2.96. The molecule has 0 atom stereocenters. The summed E-state index contributed by atoms with van der Waals surface area (Å²) in [6.45, 7) is 4.00. The van der Waals surface area contributed by atoms with Gasteiger partial charge in [0, 0.05) is 5.69 Å². The number of aromatic nitrogens is 1. The van der Waals surface area contributed by atoms with Crippen molar-refractivity contribution in [2.24, 2.45) is 0 Å². The zero-order valence-corrected chi connectivity index (χ0v) is 10.8. The van der Waals surface area contributed by atoms with Crippen molar-refractivity contribution in [3.05, 3.63) is 58.9 Å². The molecule has 0 saturated carbocycles. The molecule has 2 rings (SSSR count). The Morgan fingerprint density at radius 2 is 2.00 bits per heavy atom. The van der Waals surface area contributed by atoms with Crippen LogP contribution in [0.25, 0.3) is 0 Å². The highest BCUT2D eigenvalue weighted by Gasteiger charge is 2.08. The van der Waals surface area contributed by atoms with Crippen molar-refractivity contribution >= 4 is 11.6 Å². The van der Waals surface area contributed by atoms with Crippen molar-refractivity contribution in [3.63, 3.8) is 0 Å². The normalized spacial score (nSPS) is 9.74. The molecule has 4 nitrogen and oxygen atoms in total. The highest BCUT2D eigenvalue weighted by atomic mass is 16.1. The molecule has 4 heteroatoms. The van der Waals surface area contributed by atoms with Crippen LogP contribution in [0.1, 0.15) is 27.3 Å². The van der Waals surface area contributed by atoms with E-state index in [1.54, 1.807) is 18.2 Å². The van der Waals surface area contributed by atoms with E-state index in [0.29, 0.717) is 0 Å². The zero-order valence-electron chi connectivity index (χ0n) is 10.8. The van der Waals surface area contributed by atoms with Crippen molar-refractivity contribution in [3.8, 4) is 6.07 Å². The molecule has 1 amide bonds. The molecule has 1 aromatic carbocycles. The van der Waals surface area contributed by atoms with Gasteiger partial charge in [-0.25, -0.2) is 4.98 Å². The van der Waals surface area contributed by atoms with Crippen molar-refractivity contribution in [2.75, 3.05) is 5.32 Å². The van der Waals surface area contributed by atoms with Gasteiger partial charge in [-0.05, 0) is 49.2 Å². The number of hydrogen-bond donors (Lipinski definition) is 1. The second-order valence-corrected chi connectivity index (χ2v) is 4.27. The molecule has 1 N–H and O–H groups in total. The van der Waals surface area contributed by atoms with E-state index >= 15 is 0 Å². The van der Waals surface area contributed by atoms with Crippen LogP contribution in [-0.4, -0.2) is 10.9 Å². The number of nitriles is 1. The Morgan fingerprint density at radius 1 is 1.21 bits per heavy atom. The number of nitrogens with zero attached hydrogens (tertiary/aromatic N) is 2. The number of carbonyl (C=O) groups excluding carboxylic acids is 1. The molecule has 0 bridgehead atoms. The molecule has 1 heterocycles. The van der Waals surface area contributed by atoms with E-state index in [4.69, 9.17) is 5.26 Å². The van der Waals surface area contributed by atoms with Crippen molar-refractivity contribution in [2.45, 2.75) is 13.8 Å². The lowest BCUT2D eigenvalue weighted by Gasteiger charge is -2.07. The van der Waals surface area contributed by atoms with Crippen LogP contribution in [-0.2, 0) is 0 Å². The summed E-state index contributed by atoms with van der Waals surface area (Å²) in [6, 6.07) is 12.4. The predicted molar refractivity (Wildman–Crippen MR) is 72.8 cm³/mol. The first-order valence-electron chi connectivity index (χ1n) is 5.86. The van der Waals surface area contributed by atoms with E-state index in [1.165, 1.54) is 5.56 Å². The van der Waals surface area contributed by atoms with Crippen LogP contribution in [0.5, 0.6) is 0 Å². The Bertz CT molecular complexity index is 671. The summed E-state index contributed by atoms with van der Waals surface area (Å²) < 4.78 is 0. The number of anilines is 1. The maximum absolute atomic E-state index is 12.0. The number of nitrogens with one attached hydrogen (secondary N) is 1. The highest BCUT2D eigenvalue weighted by Crippen LogP contribution is 2.15. The topological polar surface area (TPSA) is 65.8 Å². The summed E-state index contributed by atoms with van der Waals surface area (Å²) in [5.41, 5.74) is 3.46. The van der Waals surface area contributed by atoms with Crippen molar-refractivity contribution in [1.29, 1.82) is 5.26 Å². The number of benzene rings is 1. The van der Waals surface area contributed by atoms with Crippen LogP contribution < -0.4 is 5.32 Å². The average Bonchev–Trinajstić information content (AvgIpc) is 2.43. The van der Waals surface area contributed by atoms with Crippen LogP contribution in [0.2, 0.25) is 0 Å². The van der Waals surface area contributed by atoms with Gasteiger partial charge in [-0.2, -0.15) is 5.26 Å². The smallest absolute Gasteiger partial charge is 0.274 e. The lowest BCUT2D eigenvalue weighted by Crippen LogP contribution is -2.14. The van der Waals surface area contributed by atoms with Gasteiger partial charge in [-0.3, -0.25) is 4.79 Å². The maximum Gasteiger partial charge on any atom is 0.274 e. The lowest BCUT2D eigenvalue weighted by atomic mass is 10.1. The number of aryl methyl sites for hydroxylation is 2. The van der Waals surface area contributed by atoms with Gasteiger partial charge in [0.1, 0.15) is 17.5 Å². The third-order valence-corrected chi connectivity index (χ3v) is 2.86. The Balaban J connectivity index is 2.21. The number of hydrogen-bond acceptors (Lipinski definition) is 3. The van der Waals surface area contributed by atoms with Crippen LogP contribution >= 0.6 is 0 Å². The monoisotopic (exact) mass is 251 g/mol. The second kappa shape index (κ2) is 5.32. The van der Waals surface area contributed by atoms with E-state index in [-0.39, 0.29) is 17.3 Å². The van der Waals surface area contributed by atoms with Gasteiger partial charge in [0.15, 0.2) is 0 Å². The molecule has 0 aliphatic carbocycles. The van der Waals surface area contributed by atoms with Crippen molar-refractivity contribution < 1.29 is 4.79 Å². The Kier molecular flexibility index (Phi) is 3.58. The summed E-state index contributed by atoms with van der Waals surface area (Å²) in [7, 11) is 0. The first-order valence-corrected chi connectivity index (χ1v) is 5.86. The summed E-state index contributed by atoms with van der Waals surface area (Å²) in [4.78, 5) is 15.9. The predicted octanol–water partition coefficient (Wildman–Crippen LogP) is 2.82. The Labute approximate surface area is 111 Å². The minimum atomic E-state index is -0.319. The molecule has 0 radical (unpaired) electrons. The molecule has 0 saturated heterocycles. The SMILES string of the molecule is Cc1ccc(NC(=O)c2cccc(C#N)n2)cc1C. The number of amides is 1. The summed E-state index contributed by atoms with van der Waals surface area (Å²) in [5.74, 6) is -0.319. The summed E-state index contributed by atoms with van der Waals surface area (Å²) >= 11 is 0. The molecule has 0 aliphatic rings. The number of carbonyl (C=O) groups is 1. The largest absolute Gasteiger partial charge is 0.321 e. The molecule has 0 spiro atoms. The minimum absolute atomic E-state index is 0.229. The standard InChI is InChI=1S/C15H13N3O/c1-10-6-7-12(8-11(10)2)18-15(19)14-5-3-4-13(9-16)17-14/h3-8H,1-2H3,(H,18,19). The number of rotatable bonds is 2. The van der Waals surface area contributed by atoms with Crippen LogP contribution in [0.4, 0.5) is 5.69 Å². The molecule has 0 aliphatic heterocycles. The molecule has 94 valence electrons. The lowest BCUT2D eigenvalue weighted by molar-refractivity contribution is 0.102. The van der Waals surface area contributed by atoms with Crippen molar-refractivity contribution in [1.82, 2.24) is 4.98 Å². The summed E-state index contributed by atoms with van der Waals surface area (Å²) in [5, 5.41) is 11.5. The fourth-order valence-electron chi connectivity index (χ4n) is 1.64. The van der Waals surface area contributed by atoms with Gasteiger partial charge in [-0.1, -0.05) is 12.1 Å². The van der Waals surface area contributed by atoms with Gasteiger partial charge in [0.2, 0.25) is 0 Å². The fourth-order valence-corrected chi connectivity index (χ4v) is 1.64. The average molecular weight is 251 g/mol. The molecular weight excluding hydrogens is 238 g/mol. The minimum Gasteiger partial charge on any atom is -0.321 e. The maximum atomic E-state index is 12.0. The van der Waals surface area contributed by atoms with Gasteiger partial charge in [0.05, 0.1) is 0 Å². The van der Waals surface area contributed by atoms with Gasteiger partial charge in [0.25, 0.3) is 5.91 Å². The Morgan fingerprint density at radius 3 is 2.68 bits per heavy atom. The quantitative estimate of drug-likeness (QED) is 0.892. The molecule has 0 fully saturated rings. The first kappa shape index (κ1) is 12.8. The highest BCUT2D eigenvalue weighted by molar-refractivity contribution is 6.02. The third-order valence-electron chi connectivity index (χ3n) is 2.86. The fraction of sp³-hybridized carbons (Fsp3) is 0.133. The van der Waals surface area contributed by atoms with Gasteiger partial charge >= 0.3 is 0 Å². The van der Waals surface area contributed by atoms with E-state index in [0.717, 1.165) is 11.3 Å². The molecular formula is C15H13N3O. The van der Waals surface area contributed by atoms with E-state index in [9.17, 15) is 4.79 Å². The van der Waals surface area contributed by atoms with Gasteiger partial charge < -0.3 is 5.32 Å². The molecule has 19 heavy (non-hydrogen) atoms. The van der Waals surface area contributed by atoms with Gasteiger partial charge in [-0.15, -0.1) is 0 Å². The van der Waals surface area contributed by atoms with Crippen LogP contribution in [0.15, 0.2) is 36.4 Å². The van der Waals surface area contributed by atoms with E-state index in [1.807, 2.05) is 38.1 Å². The zero-order chi connectivity index (χ0) is 13.8. The van der Waals surface area contributed by atoms with E-state index < -0.39 is 0 Å². The molecule has 0 unspecified atom stereocenters.